The number of nitrogens with one attached hydrogen (secondary N) is 1. The van der Waals surface area contributed by atoms with Crippen molar-refractivity contribution in [3.63, 3.8) is 0 Å². The van der Waals surface area contributed by atoms with Crippen molar-refractivity contribution < 1.29 is 4.79 Å². The molecule has 3 rings (SSSR count). The van der Waals surface area contributed by atoms with Gasteiger partial charge in [-0.3, -0.25) is 4.79 Å². The lowest BCUT2D eigenvalue weighted by atomic mass is 9.89. The zero-order valence-electron chi connectivity index (χ0n) is 12.1. The van der Waals surface area contributed by atoms with Crippen LogP contribution in [0.2, 0.25) is 0 Å². The summed E-state index contributed by atoms with van der Waals surface area (Å²) in [5.41, 5.74) is 2.07. The van der Waals surface area contributed by atoms with Crippen molar-refractivity contribution in [2.24, 2.45) is 0 Å². The van der Waals surface area contributed by atoms with Crippen LogP contribution >= 0.6 is 22.6 Å². The maximum Gasteiger partial charge on any atom is 0.250 e. The van der Waals surface area contributed by atoms with Crippen molar-refractivity contribution in [1.29, 1.82) is 0 Å². The van der Waals surface area contributed by atoms with Crippen LogP contribution in [0.3, 0.4) is 0 Å². The van der Waals surface area contributed by atoms with Crippen molar-refractivity contribution in [2.45, 2.75) is 28.7 Å². The van der Waals surface area contributed by atoms with Crippen LogP contribution in [0.15, 0.2) is 42.5 Å². The minimum Gasteiger partial charge on any atom is -0.337 e. The van der Waals surface area contributed by atoms with Gasteiger partial charge in [0.15, 0.2) is 0 Å². The summed E-state index contributed by atoms with van der Waals surface area (Å²) in [6.45, 7) is 6.67. The predicted octanol–water partition coefficient (Wildman–Crippen LogP) is 2.72. The van der Waals surface area contributed by atoms with Gasteiger partial charge in [-0.25, -0.2) is 0 Å². The van der Waals surface area contributed by atoms with Crippen molar-refractivity contribution in [1.82, 2.24) is 10.2 Å². The van der Waals surface area contributed by atoms with Gasteiger partial charge in [-0.05, 0) is 24.9 Å². The molecule has 1 aromatic rings. The molecule has 2 heterocycles. The van der Waals surface area contributed by atoms with Crippen LogP contribution in [0.1, 0.15) is 24.3 Å². The minimum absolute atomic E-state index is 0.134. The fourth-order valence-electron chi connectivity index (χ4n) is 3.11. The van der Waals surface area contributed by atoms with Gasteiger partial charge in [0.2, 0.25) is 0 Å². The van der Waals surface area contributed by atoms with Crippen molar-refractivity contribution in [2.75, 3.05) is 19.6 Å². The number of halogens is 1. The number of hydrogen-bond acceptors (Lipinski definition) is 2. The highest BCUT2D eigenvalue weighted by Crippen LogP contribution is 2.31. The first-order valence-electron chi connectivity index (χ1n) is 7.55. The third-order valence-electron chi connectivity index (χ3n) is 4.48. The van der Waals surface area contributed by atoms with Crippen LogP contribution in [-0.2, 0) is 4.79 Å². The second-order valence-electron chi connectivity index (χ2n) is 5.97. The van der Waals surface area contributed by atoms with E-state index in [9.17, 15) is 4.79 Å². The Bertz CT molecular complexity index is 527. The molecule has 0 bridgehead atoms. The molecule has 3 atom stereocenters. The summed E-state index contributed by atoms with van der Waals surface area (Å²) in [6, 6.07) is 10.7. The van der Waals surface area contributed by atoms with Crippen LogP contribution in [0.4, 0.5) is 0 Å². The molecule has 2 aliphatic rings. The molecule has 1 aromatic carbocycles. The minimum atomic E-state index is 0.134. The number of amides is 1. The zero-order chi connectivity index (χ0) is 14.8. The van der Waals surface area contributed by atoms with Gasteiger partial charge in [-0.15, -0.1) is 0 Å². The molecule has 3 unspecified atom stereocenters. The molecule has 0 saturated carbocycles. The second-order valence-corrected chi connectivity index (χ2v) is 7.73. The lowest BCUT2D eigenvalue weighted by Crippen LogP contribution is -2.51. The highest BCUT2D eigenvalue weighted by molar-refractivity contribution is 14.1. The second kappa shape index (κ2) is 6.48. The first-order valence-corrected chi connectivity index (χ1v) is 8.80. The number of carbonyl (C=O) groups is 1. The average Bonchev–Trinajstić information content (AvgIpc) is 2.45. The Morgan fingerprint density at radius 2 is 2.00 bits per heavy atom. The van der Waals surface area contributed by atoms with Crippen LogP contribution in [0, 0.1) is 0 Å². The lowest BCUT2D eigenvalue weighted by Gasteiger charge is -2.38. The van der Waals surface area contributed by atoms with Crippen molar-refractivity contribution in [3.8, 4) is 0 Å². The van der Waals surface area contributed by atoms with Gasteiger partial charge in [0.25, 0.3) is 5.91 Å². The van der Waals surface area contributed by atoms with Gasteiger partial charge in [0.1, 0.15) is 0 Å². The average molecular weight is 396 g/mol. The van der Waals surface area contributed by atoms with Gasteiger partial charge in [0.05, 0.1) is 0 Å². The van der Waals surface area contributed by atoms with Gasteiger partial charge in [0, 0.05) is 34.5 Å². The Labute approximate surface area is 139 Å². The number of rotatable bonds is 3. The number of carbonyl (C=O) groups excluding carboxylic acids is 1. The highest BCUT2D eigenvalue weighted by Gasteiger charge is 2.33. The van der Waals surface area contributed by atoms with Crippen LogP contribution < -0.4 is 5.32 Å². The van der Waals surface area contributed by atoms with E-state index in [1.807, 2.05) is 11.0 Å². The SMILES string of the molecule is C=C(C(=O)N1CC(I)CC(c2ccccc2)C1)C1CCN1. The van der Waals surface area contributed by atoms with E-state index in [1.54, 1.807) is 0 Å². The smallest absolute Gasteiger partial charge is 0.250 e. The lowest BCUT2D eigenvalue weighted by molar-refractivity contribution is -0.128. The molecule has 2 saturated heterocycles. The Morgan fingerprint density at radius 1 is 1.29 bits per heavy atom. The molecule has 0 aromatic heterocycles. The first kappa shape index (κ1) is 15.0. The van der Waals surface area contributed by atoms with Gasteiger partial charge in [-0.2, -0.15) is 0 Å². The van der Waals surface area contributed by atoms with E-state index in [0.29, 0.717) is 9.84 Å². The van der Waals surface area contributed by atoms with E-state index in [-0.39, 0.29) is 11.9 Å². The third-order valence-corrected chi connectivity index (χ3v) is 5.38. The van der Waals surface area contributed by atoms with E-state index in [1.165, 1.54) is 5.56 Å². The molecular weight excluding hydrogens is 375 g/mol. The Balaban J connectivity index is 1.71. The summed E-state index contributed by atoms with van der Waals surface area (Å²) in [7, 11) is 0. The number of piperidine rings is 1. The topological polar surface area (TPSA) is 32.3 Å². The van der Waals surface area contributed by atoms with Crippen molar-refractivity contribution in [3.05, 3.63) is 48.0 Å². The number of benzene rings is 1. The monoisotopic (exact) mass is 396 g/mol. The summed E-state index contributed by atoms with van der Waals surface area (Å²) >= 11 is 2.47. The highest BCUT2D eigenvalue weighted by atomic mass is 127. The van der Waals surface area contributed by atoms with Gasteiger partial charge in [-0.1, -0.05) is 59.5 Å². The van der Waals surface area contributed by atoms with E-state index >= 15 is 0 Å². The zero-order valence-corrected chi connectivity index (χ0v) is 14.3. The number of likely N-dealkylation sites (tertiary alicyclic amines) is 1. The molecule has 4 heteroatoms. The van der Waals surface area contributed by atoms with E-state index in [4.69, 9.17) is 0 Å². The number of hydrogen-bond donors (Lipinski definition) is 1. The van der Waals surface area contributed by atoms with Crippen molar-refractivity contribution >= 4 is 28.5 Å². The Kier molecular flexibility index (Phi) is 4.64. The summed E-state index contributed by atoms with van der Waals surface area (Å²) < 4.78 is 0.507. The normalized spacial score (nSPS) is 28.8. The fourth-order valence-corrected chi connectivity index (χ4v) is 4.20. The molecule has 2 aliphatic heterocycles. The molecule has 2 fully saturated rings. The van der Waals surface area contributed by atoms with Gasteiger partial charge >= 0.3 is 0 Å². The van der Waals surface area contributed by atoms with Crippen LogP contribution in [-0.4, -0.2) is 40.4 Å². The maximum absolute atomic E-state index is 12.6. The predicted molar refractivity (Wildman–Crippen MR) is 93.7 cm³/mol. The summed E-state index contributed by atoms with van der Waals surface area (Å²) in [5, 5.41) is 3.27. The van der Waals surface area contributed by atoms with E-state index < -0.39 is 0 Å². The molecule has 1 N–H and O–H groups in total. The molecule has 21 heavy (non-hydrogen) atoms. The molecule has 112 valence electrons. The molecule has 0 aliphatic carbocycles. The Morgan fingerprint density at radius 3 is 2.62 bits per heavy atom. The molecular formula is C17H21IN2O. The summed E-state index contributed by atoms with van der Waals surface area (Å²) in [6.07, 6.45) is 2.18. The molecule has 1 amide bonds. The molecule has 0 radical (unpaired) electrons. The Hall–Kier alpha value is -0.880. The number of alkyl halides is 1. The number of nitrogens with zero attached hydrogens (tertiary/aromatic N) is 1. The fraction of sp³-hybridized carbons (Fsp3) is 0.471. The quantitative estimate of drug-likeness (QED) is 0.484. The third kappa shape index (κ3) is 3.31. The van der Waals surface area contributed by atoms with Gasteiger partial charge < -0.3 is 10.2 Å². The van der Waals surface area contributed by atoms with E-state index in [0.717, 1.165) is 38.0 Å². The molecule has 3 nitrogen and oxygen atoms in total. The van der Waals surface area contributed by atoms with Crippen LogP contribution in [0.5, 0.6) is 0 Å². The maximum atomic E-state index is 12.6. The summed E-state index contributed by atoms with van der Waals surface area (Å²) in [4.78, 5) is 14.6. The van der Waals surface area contributed by atoms with E-state index in [2.05, 4.69) is 58.8 Å². The first-order chi connectivity index (χ1) is 10.1. The largest absolute Gasteiger partial charge is 0.337 e. The standard InChI is InChI=1S/C17H21IN2O/c1-12(16-7-8-19-16)17(21)20-10-14(9-15(18)11-20)13-5-3-2-4-6-13/h2-6,14-16,19H,1,7-11H2. The van der Waals surface area contributed by atoms with Crippen LogP contribution in [0.25, 0.3) is 0 Å². The molecule has 0 spiro atoms. The summed E-state index contributed by atoms with van der Waals surface area (Å²) in [5.74, 6) is 0.572.